The summed E-state index contributed by atoms with van der Waals surface area (Å²) in [5.41, 5.74) is 1.23. The van der Waals surface area contributed by atoms with Crippen LogP contribution in [0.25, 0.3) is 10.1 Å². The molecule has 1 atom stereocenters. The highest BCUT2D eigenvalue weighted by Gasteiger charge is 2.14. The van der Waals surface area contributed by atoms with E-state index in [2.05, 4.69) is 22.9 Å². The minimum atomic E-state index is 0.0537. The van der Waals surface area contributed by atoms with E-state index < -0.39 is 0 Å². The zero-order chi connectivity index (χ0) is 13.4. The van der Waals surface area contributed by atoms with Crippen LogP contribution in [-0.4, -0.2) is 3.96 Å². The summed E-state index contributed by atoms with van der Waals surface area (Å²) in [6, 6.07) is 15.9. The van der Waals surface area contributed by atoms with Crippen LogP contribution >= 0.6 is 27.5 Å². The molecule has 0 bridgehead atoms. The standard InChI is InChI=1S/C15H12BrNOS/c1-10(11-6-8-12(16)9-7-11)17-15(18)13-4-2-3-5-14(13)19-17/h2-10H,1H3. The number of rotatable bonds is 2. The molecule has 3 rings (SSSR count). The van der Waals surface area contributed by atoms with Gasteiger partial charge in [-0.25, -0.2) is 0 Å². The quantitative estimate of drug-likeness (QED) is 0.679. The average Bonchev–Trinajstić information content (AvgIpc) is 2.77. The molecule has 0 N–H and O–H groups in total. The topological polar surface area (TPSA) is 22.0 Å². The number of nitrogens with zero attached hydrogens (tertiary/aromatic N) is 1. The molecule has 1 aromatic heterocycles. The predicted octanol–water partition coefficient (Wildman–Crippen LogP) is 4.43. The molecule has 0 saturated carbocycles. The van der Waals surface area contributed by atoms with Gasteiger partial charge in [-0.3, -0.25) is 8.75 Å². The van der Waals surface area contributed by atoms with E-state index in [-0.39, 0.29) is 11.6 Å². The molecule has 1 heterocycles. The number of hydrogen-bond donors (Lipinski definition) is 0. The molecular formula is C15H12BrNOS. The first-order valence-electron chi connectivity index (χ1n) is 6.03. The van der Waals surface area contributed by atoms with Crippen molar-refractivity contribution >= 4 is 37.5 Å². The first-order chi connectivity index (χ1) is 9.16. The van der Waals surface area contributed by atoms with Crippen molar-refractivity contribution in [2.24, 2.45) is 0 Å². The number of benzene rings is 2. The zero-order valence-electron chi connectivity index (χ0n) is 10.3. The molecule has 96 valence electrons. The van der Waals surface area contributed by atoms with Gasteiger partial charge in [-0.15, -0.1) is 0 Å². The molecular weight excluding hydrogens is 322 g/mol. The van der Waals surface area contributed by atoms with Crippen LogP contribution in [0.15, 0.2) is 57.8 Å². The van der Waals surface area contributed by atoms with Gasteiger partial charge in [0, 0.05) is 4.47 Å². The summed E-state index contributed by atoms with van der Waals surface area (Å²) >= 11 is 4.95. The predicted molar refractivity (Wildman–Crippen MR) is 84.0 cm³/mol. The molecule has 0 radical (unpaired) electrons. The van der Waals surface area contributed by atoms with Crippen LogP contribution in [-0.2, 0) is 0 Å². The Morgan fingerprint density at radius 2 is 1.79 bits per heavy atom. The van der Waals surface area contributed by atoms with Crippen molar-refractivity contribution in [3.05, 3.63) is 68.9 Å². The average molecular weight is 334 g/mol. The van der Waals surface area contributed by atoms with Gasteiger partial charge in [-0.2, -0.15) is 0 Å². The summed E-state index contributed by atoms with van der Waals surface area (Å²) in [6.45, 7) is 2.06. The molecule has 0 aliphatic heterocycles. The smallest absolute Gasteiger partial charge is 0.268 e. The second kappa shape index (κ2) is 4.94. The Morgan fingerprint density at radius 3 is 2.47 bits per heavy atom. The van der Waals surface area contributed by atoms with Gasteiger partial charge in [0.05, 0.1) is 16.1 Å². The summed E-state index contributed by atoms with van der Waals surface area (Å²) in [5, 5.41) is 0.802. The first kappa shape index (κ1) is 12.6. The van der Waals surface area contributed by atoms with Crippen molar-refractivity contribution in [3.8, 4) is 0 Å². The Bertz CT molecular complexity index is 773. The summed E-state index contributed by atoms with van der Waals surface area (Å²) in [4.78, 5) is 12.4. The lowest BCUT2D eigenvalue weighted by Gasteiger charge is -2.11. The second-order valence-corrected chi connectivity index (χ2v) is 6.38. The Balaban J connectivity index is 2.11. The van der Waals surface area contributed by atoms with Crippen molar-refractivity contribution < 1.29 is 0 Å². The maximum absolute atomic E-state index is 12.4. The highest BCUT2D eigenvalue weighted by Crippen LogP contribution is 2.24. The van der Waals surface area contributed by atoms with Crippen molar-refractivity contribution in [3.63, 3.8) is 0 Å². The monoisotopic (exact) mass is 333 g/mol. The van der Waals surface area contributed by atoms with Crippen LogP contribution in [0.3, 0.4) is 0 Å². The van der Waals surface area contributed by atoms with E-state index in [0.29, 0.717) is 0 Å². The molecule has 4 heteroatoms. The van der Waals surface area contributed by atoms with Crippen molar-refractivity contribution in [1.29, 1.82) is 0 Å². The number of fused-ring (bicyclic) bond motifs is 1. The lowest BCUT2D eigenvalue weighted by Crippen LogP contribution is -2.17. The molecule has 0 aliphatic carbocycles. The van der Waals surface area contributed by atoms with Gasteiger partial charge in [0.25, 0.3) is 5.56 Å². The fourth-order valence-electron chi connectivity index (χ4n) is 2.12. The maximum Gasteiger partial charge on any atom is 0.269 e. The van der Waals surface area contributed by atoms with Crippen LogP contribution in [0.5, 0.6) is 0 Å². The number of hydrogen-bond acceptors (Lipinski definition) is 2. The number of halogens is 1. The third-order valence-electron chi connectivity index (χ3n) is 3.22. The SMILES string of the molecule is CC(c1ccc(Br)cc1)n1sc2ccccc2c1=O. The molecule has 2 aromatic carbocycles. The highest BCUT2D eigenvalue weighted by atomic mass is 79.9. The van der Waals surface area contributed by atoms with E-state index in [9.17, 15) is 4.79 Å². The highest BCUT2D eigenvalue weighted by molar-refractivity contribution is 9.10. The van der Waals surface area contributed by atoms with Gasteiger partial charge in [-0.05, 0) is 36.8 Å². The van der Waals surface area contributed by atoms with Crippen molar-refractivity contribution in [1.82, 2.24) is 3.96 Å². The van der Waals surface area contributed by atoms with Gasteiger partial charge in [0.1, 0.15) is 0 Å². The molecule has 0 saturated heterocycles. The zero-order valence-corrected chi connectivity index (χ0v) is 12.7. The number of aromatic nitrogens is 1. The third kappa shape index (κ3) is 2.26. The van der Waals surface area contributed by atoms with E-state index in [1.165, 1.54) is 11.5 Å². The van der Waals surface area contributed by atoms with Gasteiger partial charge in [0.15, 0.2) is 0 Å². The fraction of sp³-hybridized carbons (Fsp3) is 0.133. The lowest BCUT2D eigenvalue weighted by molar-refractivity contribution is 0.678. The summed E-state index contributed by atoms with van der Waals surface area (Å²) in [5.74, 6) is 0. The molecule has 2 nitrogen and oxygen atoms in total. The van der Waals surface area contributed by atoms with Crippen LogP contribution in [0.1, 0.15) is 18.5 Å². The minimum absolute atomic E-state index is 0.0537. The largest absolute Gasteiger partial charge is 0.269 e. The van der Waals surface area contributed by atoms with Gasteiger partial charge in [-0.1, -0.05) is 51.7 Å². The normalized spacial score (nSPS) is 12.7. The van der Waals surface area contributed by atoms with E-state index in [1.807, 2.05) is 52.5 Å². The molecule has 3 aromatic rings. The molecule has 0 aliphatic rings. The fourth-order valence-corrected chi connectivity index (χ4v) is 3.45. The Labute approximate surface area is 123 Å². The molecule has 1 unspecified atom stereocenters. The van der Waals surface area contributed by atoms with Crippen LogP contribution in [0, 0.1) is 0 Å². The van der Waals surface area contributed by atoms with Crippen LogP contribution in [0.4, 0.5) is 0 Å². The van der Waals surface area contributed by atoms with Gasteiger partial charge < -0.3 is 0 Å². The third-order valence-corrected chi connectivity index (χ3v) is 4.98. The Morgan fingerprint density at radius 1 is 1.11 bits per heavy atom. The van der Waals surface area contributed by atoms with E-state index in [4.69, 9.17) is 0 Å². The molecule has 0 spiro atoms. The van der Waals surface area contributed by atoms with Crippen LogP contribution < -0.4 is 5.56 Å². The molecule has 19 heavy (non-hydrogen) atoms. The summed E-state index contributed by atoms with van der Waals surface area (Å²) in [6.07, 6.45) is 0. The van der Waals surface area contributed by atoms with Gasteiger partial charge >= 0.3 is 0 Å². The summed E-state index contributed by atoms with van der Waals surface area (Å²) in [7, 11) is 0. The Hall–Kier alpha value is -1.39. The molecule has 0 fully saturated rings. The Kier molecular flexibility index (Phi) is 3.29. The van der Waals surface area contributed by atoms with Crippen molar-refractivity contribution in [2.75, 3.05) is 0 Å². The van der Waals surface area contributed by atoms with Gasteiger partial charge in [0.2, 0.25) is 0 Å². The minimum Gasteiger partial charge on any atom is -0.268 e. The van der Waals surface area contributed by atoms with Crippen LogP contribution in [0.2, 0.25) is 0 Å². The summed E-state index contributed by atoms with van der Waals surface area (Å²) < 4.78 is 3.93. The van der Waals surface area contributed by atoms with E-state index in [1.54, 1.807) is 0 Å². The maximum atomic E-state index is 12.4. The molecule has 0 amide bonds. The first-order valence-corrected chi connectivity index (χ1v) is 7.59. The van der Waals surface area contributed by atoms with E-state index in [0.717, 1.165) is 20.1 Å². The lowest BCUT2D eigenvalue weighted by atomic mass is 10.1. The second-order valence-electron chi connectivity index (χ2n) is 4.45. The van der Waals surface area contributed by atoms with Crippen molar-refractivity contribution in [2.45, 2.75) is 13.0 Å². The van der Waals surface area contributed by atoms with E-state index >= 15 is 0 Å².